The summed E-state index contributed by atoms with van der Waals surface area (Å²) in [7, 11) is 4.14. The molecule has 0 aromatic carbocycles. The summed E-state index contributed by atoms with van der Waals surface area (Å²) in [6, 6.07) is 0. The Kier molecular flexibility index (Phi) is 5.25. The minimum Gasteiger partial charge on any atom is -0.481 e. The summed E-state index contributed by atoms with van der Waals surface area (Å²) in [5.41, 5.74) is 0.0586. The lowest BCUT2D eigenvalue weighted by atomic mass is 9.78. The largest absolute Gasteiger partial charge is 0.481 e. The molecule has 5 heteroatoms. The predicted octanol–water partition coefficient (Wildman–Crippen LogP) is 1.87. The number of rotatable bonds is 5. The Morgan fingerprint density at radius 1 is 1.10 bits per heavy atom. The van der Waals surface area contributed by atoms with Crippen LogP contribution in [0, 0.1) is 11.8 Å². The van der Waals surface area contributed by atoms with Gasteiger partial charge >= 0.3 is 5.97 Å². The van der Waals surface area contributed by atoms with Crippen molar-refractivity contribution in [1.29, 1.82) is 0 Å². The van der Waals surface area contributed by atoms with Gasteiger partial charge in [0.15, 0.2) is 0 Å². The maximum absolute atomic E-state index is 12.4. The second-order valence-corrected chi connectivity index (χ2v) is 6.88. The second-order valence-electron chi connectivity index (χ2n) is 6.88. The minimum atomic E-state index is -0.821. The van der Waals surface area contributed by atoms with Gasteiger partial charge in [-0.3, -0.25) is 9.59 Å². The molecule has 0 saturated heterocycles. The summed E-state index contributed by atoms with van der Waals surface area (Å²) in [6.07, 6.45) is 7.83. The van der Waals surface area contributed by atoms with Crippen LogP contribution in [0.5, 0.6) is 0 Å². The van der Waals surface area contributed by atoms with Gasteiger partial charge in [-0.25, -0.2) is 0 Å². The molecule has 2 rings (SSSR count). The molecule has 1 amide bonds. The van der Waals surface area contributed by atoms with Crippen molar-refractivity contribution in [2.45, 2.75) is 56.9 Å². The number of carbonyl (C=O) groups is 2. The zero-order chi connectivity index (χ0) is 15.5. The van der Waals surface area contributed by atoms with Crippen molar-refractivity contribution in [3.05, 3.63) is 0 Å². The number of nitrogens with zero attached hydrogens (tertiary/aromatic N) is 1. The highest BCUT2D eigenvalue weighted by atomic mass is 16.4. The highest BCUT2D eigenvalue weighted by Gasteiger charge is 2.39. The smallest absolute Gasteiger partial charge is 0.307 e. The molecule has 0 spiro atoms. The van der Waals surface area contributed by atoms with E-state index in [1.807, 2.05) is 0 Å². The number of likely N-dealkylation sites (N-methyl/N-ethyl adjacent to an activating group) is 1. The fourth-order valence-corrected chi connectivity index (χ4v) is 3.94. The summed E-state index contributed by atoms with van der Waals surface area (Å²) in [4.78, 5) is 26.0. The van der Waals surface area contributed by atoms with Crippen LogP contribution in [0.4, 0.5) is 0 Å². The maximum Gasteiger partial charge on any atom is 0.307 e. The zero-order valence-electron chi connectivity index (χ0n) is 13.2. The first-order valence-corrected chi connectivity index (χ1v) is 8.14. The Bertz CT molecular complexity index is 389. The normalized spacial score (nSPS) is 28.5. The highest BCUT2D eigenvalue weighted by Crippen LogP contribution is 2.34. The number of hydrogen-bond donors (Lipinski definition) is 2. The van der Waals surface area contributed by atoms with Crippen LogP contribution in [0.2, 0.25) is 0 Å². The van der Waals surface area contributed by atoms with Crippen molar-refractivity contribution in [2.24, 2.45) is 11.8 Å². The van der Waals surface area contributed by atoms with Crippen molar-refractivity contribution in [3.8, 4) is 0 Å². The van der Waals surface area contributed by atoms with Crippen LogP contribution in [0.15, 0.2) is 0 Å². The Labute approximate surface area is 127 Å². The van der Waals surface area contributed by atoms with Crippen LogP contribution < -0.4 is 5.32 Å². The summed E-state index contributed by atoms with van der Waals surface area (Å²) in [6.45, 7) is 0.641. The van der Waals surface area contributed by atoms with Crippen LogP contribution in [0.3, 0.4) is 0 Å². The van der Waals surface area contributed by atoms with E-state index in [-0.39, 0.29) is 17.4 Å². The quantitative estimate of drug-likeness (QED) is 0.812. The van der Waals surface area contributed by atoms with Crippen LogP contribution in [-0.2, 0) is 9.59 Å². The van der Waals surface area contributed by atoms with Crippen LogP contribution >= 0.6 is 0 Å². The van der Waals surface area contributed by atoms with Crippen molar-refractivity contribution in [2.75, 3.05) is 20.6 Å². The van der Waals surface area contributed by atoms with Crippen LogP contribution in [-0.4, -0.2) is 48.1 Å². The molecular weight excluding hydrogens is 268 g/mol. The molecule has 0 aliphatic heterocycles. The molecule has 2 atom stereocenters. The molecule has 120 valence electrons. The molecule has 0 unspecified atom stereocenters. The average molecular weight is 296 g/mol. The molecule has 2 N–H and O–H groups in total. The van der Waals surface area contributed by atoms with Gasteiger partial charge in [0.1, 0.15) is 0 Å². The van der Waals surface area contributed by atoms with Gasteiger partial charge in [-0.15, -0.1) is 0 Å². The maximum atomic E-state index is 12.4. The van der Waals surface area contributed by atoms with Gasteiger partial charge in [0.25, 0.3) is 0 Å². The minimum absolute atomic E-state index is 0.0586. The van der Waals surface area contributed by atoms with E-state index in [1.54, 1.807) is 0 Å². The van der Waals surface area contributed by atoms with Crippen molar-refractivity contribution in [3.63, 3.8) is 0 Å². The molecule has 0 radical (unpaired) electrons. The fraction of sp³-hybridized carbons (Fsp3) is 0.875. The van der Waals surface area contributed by atoms with E-state index in [9.17, 15) is 14.7 Å². The van der Waals surface area contributed by atoms with E-state index in [1.165, 1.54) is 12.8 Å². The third kappa shape index (κ3) is 3.57. The number of nitrogens with one attached hydrogen (secondary N) is 1. The number of amides is 1. The first kappa shape index (κ1) is 16.3. The van der Waals surface area contributed by atoms with Gasteiger partial charge in [0.05, 0.1) is 11.8 Å². The molecular formula is C16H28N2O3. The Balaban J connectivity index is 1.95. The second kappa shape index (κ2) is 6.77. The molecule has 2 fully saturated rings. The molecule has 2 aliphatic rings. The predicted molar refractivity (Wildman–Crippen MR) is 81.0 cm³/mol. The Morgan fingerprint density at radius 2 is 1.67 bits per heavy atom. The number of carboxylic acid groups (broad SMARTS) is 1. The van der Waals surface area contributed by atoms with Gasteiger partial charge in [-0.05, 0) is 39.8 Å². The molecule has 2 aliphatic carbocycles. The van der Waals surface area contributed by atoms with E-state index in [4.69, 9.17) is 0 Å². The third-order valence-corrected chi connectivity index (χ3v) is 5.49. The SMILES string of the molecule is CN(C)C1(CNC(=O)[C@@H]2CCCC[C@@H]2C(=O)O)CCCC1. The third-order valence-electron chi connectivity index (χ3n) is 5.49. The zero-order valence-corrected chi connectivity index (χ0v) is 13.2. The molecule has 21 heavy (non-hydrogen) atoms. The Morgan fingerprint density at radius 3 is 2.19 bits per heavy atom. The van der Waals surface area contributed by atoms with Crippen molar-refractivity contribution in [1.82, 2.24) is 10.2 Å². The van der Waals surface area contributed by atoms with E-state index in [0.29, 0.717) is 19.4 Å². The van der Waals surface area contributed by atoms with E-state index in [2.05, 4.69) is 24.3 Å². The Hall–Kier alpha value is -1.10. The molecule has 2 saturated carbocycles. The summed E-state index contributed by atoms with van der Waals surface area (Å²) in [5, 5.41) is 12.3. The standard InChI is InChI=1S/C16H28N2O3/c1-18(2)16(9-5-6-10-16)11-17-14(19)12-7-3-4-8-13(12)15(20)21/h12-13H,3-11H2,1-2H3,(H,17,19)(H,20,21)/t12-,13+/m1/s1. The number of hydrogen-bond acceptors (Lipinski definition) is 3. The van der Waals surface area contributed by atoms with Gasteiger partial charge in [-0.2, -0.15) is 0 Å². The van der Waals surface area contributed by atoms with E-state index >= 15 is 0 Å². The van der Waals surface area contributed by atoms with Gasteiger partial charge in [0.2, 0.25) is 5.91 Å². The highest BCUT2D eigenvalue weighted by molar-refractivity contribution is 5.84. The van der Waals surface area contributed by atoms with Crippen molar-refractivity contribution >= 4 is 11.9 Å². The molecule has 0 aromatic rings. The first-order valence-electron chi connectivity index (χ1n) is 8.14. The van der Waals surface area contributed by atoms with E-state index < -0.39 is 11.9 Å². The summed E-state index contributed by atoms with van der Waals surface area (Å²) < 4.78 is 0. The summed E-state index contributed by atoms with van der Waals surface area (Å²) >= 11 is 0. The topological polar surface area (TPSA) is 69.6 Å². The number of carbonyl (C=O) groups excluding carboxylic acids is 1. The lowest BCUT2D eigenvalue weighted by molar-refractivity contribution is -0.149. The average Bonchev–Trinajstić information content (AvgIpc) is 2.95. The molecule has 0 heterocycles. The number of aliphatic carboxylic acids is 1. The van der Waals surface area contributed by atoms with Gasteiger partial charge < -0.3 is 15.3 Å². The molecule has 5 nitrogen and oxygen atoms in total. The van der Waals surface area contributed by atoms with Crippen LogP contribution in [0.25, 0.3) is 0 Å². The van der Waals surface area contributed by atoms with Gasteiger partial charge in [0, 0.05) is 12.1 Å². The van der Waals surface area contributed by atoms with E-state index in [0.717, 1.165) is 25.7 Å². The molecule has 0 bridgehead atoms. The first-order chi connectivity index (χ1) is 9.96. The lowest BCUT2D eigenvalue weighted by Crippen LogP contribution is -2.52. The van der Waals surface area contributed by atoms with Crippen molar-refractivity contribution < 1.29 is 14.7 Å². The lowest BCUT2D eigenvalue weighted by Gasteiger charge is -2.37. The fourth-order valence-electron chi connectivity index (χ4n) is 3.94. The number of carboxylic acids is 1. The molecule has 0 aromatic heterocycles. The van der Waals surface area contributed by atoms with Crippen LogP contribution in [0.1, 0.15) is 51.4 Å². The van der Waals surface area contributed by atoms with Gasteiger partial charge in [-0.1, -0.05) is 25.7 Å². The monoisotopic (exact) mass is 296 g/mol. The summed E-state index contributed by atoms with van der Waals surface area (Å²) in [5.74, 6) is -1.73.